The monoisotopic (exact) mass is 344 g/mol. The third-order valence-electron chi connectivity index (χ3n) is 4.93. The number of benzene rings is 1. The maximum atomic E-state index is 12.7. The molecular formula is C19H28N4O2. The molecule has 1 saturated heterocycles. The van der Waals surface area contributed by atoms with E-state index in [0.717, 1.165) is 62.4 Å². The summed E-state index contributed by atoms with van der Waals surface area (Å²) in [4.78, 5) is 20.3. The number of aromatic nitrogens is 1. The van der Waals surface area contributed by atoms with Crippen molar-refractivity contribution < 1.29 is 9.53 Å². The van der Waals surface area contributed by atoms with Crippen molar-refractivity contribution in [1.82, 2.24) is 14.8 Å². The molecule has 6 heteroatoms. The minimum absolute atomic E-state index is 0.0170. The smallest absolute Gasteiger partial charge is 0.321 e. The molecule has 2 aromatic rings. The van der Waals surface area contributed by atoms with Gasteiger partial charge in [0.25, 0.3) is 0 Å². The molecule has 0 aliphatic carbocycles. The van der Waals surface area contributed by atoms with Crippen molar-refractivity contribution in [2.45, 2.75) is 26.3 Å². The number of hydrogen-bond donors (Lipinski definition) is 2. The van der Waals surface area contributed by atoms with Crippen LogP contribution in [0.25, 0.3) is 10.9 Å². The molecule has 0 radical (unpaired) electrons. The van der Waals surface area contributed by atoms with E-state index in [-0.39, 0.29) is 6.03 Å². The second-order valence-electron chi connectivity index (χ2n) is 6.42. The normalized spacial score (nSPS) is 18.6. The van der Waals surface area contributed by atoms with Gasteiger partial charge in [-0.05, 0) is 31.5 Å². The summed E-state index contributed by atoms with van der Waals surface area (Å²) < 4.78 is 5.48. The number of fused-ring (bicyclic) bond motifs is 1. The van der Waals surface area contributed by atoms with Gasteiger partial charge < -0.3 is 19.9 Å². The Bertz CT molecular complexity index is 700. The summed E-state index contributed by atoms with van der Waals surface area (Å²) in [6, 6.07) is 8.28. The first-order valence-electron chi connectivity index (χ1n) is 9.16. The maximum Gasteiger partial charge on any atom is 0.321 e. The average molecular weight is 344 g/mol. The SMILES string of the molecule is CCOCCN1CCN(C(=O)Nc2cccc3[nH]ccc23)CC1CC. The van der Waals surface area contributed by atoms with Crippen LogP contribution >= 0.6 is 0 Å². The van der Waals surface area contributed by atoms with Crippen molar-refractivity contribution in [2.24, 2.45) is 0 Å². The number of anilines is 1. The standard InChI is InChI=1S/C19H28N4O2/c1-3-15-14-23(11-10-22(15)12-13-25-4-2)19(24)21-18-7-5-6-17-16(18)8-9-20-17/h5-9,15,20H,3-4,10-14H2,1-2H3,(H,21,24). The molecule has 136 valence electrons. The topological polar surface area (TPSA) is 60.6 Å². The van der Waals surface area contributed by atoms with Gasteiger partial charge in [0.15, 0.2) is 0 Å². The number of carbonyl (C=O) groups is 1. The fourth-order valence-corrected chi connectivity index (χ4v) is 3.47. The summed E-state index contributed by atoms with van der Waals surface area (Å²) in [6.45, 7) is 9.05. The first kappa shape index (κ1) is 17.8. The molecule has 1 fully saturated rings. The molecule has 1 aromatic carbocycles. The Morgan fingerprint density at radius 1 is 1.32 bits per heavy atom. The van der Waals surface area contributed by atoms with E-state index >= 15 is 0 Å². The van der Waals surface area contributed by atoms with E-state index in [9.17, 15) is 4.79 Å². The predicted octanol–water partition coefficient (Wildman–Crippen LogP) is 3.13. The van der Waals surface area contributed by atoms with Gasteiger partial charge in [-0.15, -0.1) is 0 Å². The third-order valence-corrected chi connectivity index (χ3v) is 4.93. The highest BCUT2D eigenvalue weighted by molar-refractivity contribution is 6.00. The van der Waals surface area contributed by atoms with Gasteiger partial charge in [-0.1, -0.05) is 13.0 Å². The Balaban J connectivity index is 1.60. The highest BCUT2D eigenvalue weighted by atomic mass is 16.5. The Kier molecular flexibility index (Phi) is 5.94. The van der Waals surface area contributed by atoms with Crippen molar-refractivity contribution in [3.63, 3.8) is 0 Å². The molecule has 1 aliphatic rings. The molecule has 1 atom stereocenters. The number of amides is 2. The van der Waals surface area contributed by atoms with Crippen LogP contribution in [0.1, 0.15) is 20.3 Å². The van der Waals surface area contributed by atoms with Crippen LogP contribution in [-0.4, -0.2) is 66.2 Å². The molecule has 25 heavy (non-hydrogen) atoms. The van der Waals surface area contributed by atoms with E-state index in [0.29, 0.717) is 6.04 Å². The molecule has 1 aliphatic heterocycles. The van der Waals surface area contributed by atoms with Gasteiger partial charge >= 0.3 is 6.03 Å². The molecule has 2 amide bonds. The number of urea groups is 1. The first-order valence-corrected chi connectivity index (χ1v) is 9.16. The van der Waals surface area contributed by atoms with Crippen LogP contribution in [0.3, 0.4) is 0 Å². The molecule has 6 nitrogen and oxygen atoms in total. The summed E-state index contributed by atoms with van der Waals surface area (Å²) >= 11 is 0. The average Bonchev–Trinajstić information content (AvgIpc) is 3.12. The summed E-state index contributed by atoms with van der Waals surface area (Å²) in [5, 5.41) is 4.12. The Labute approximate surface area is 149 Å². The van der Waals surface area contributed by atoms with Gasteiger partial charge in [-0.2, -0.15) is 0 Å². The number of hydrogen-bond acceptors (Lipinski definition) is 3. The highest BCUT2D eigenvalue weighted by Gasteiger charge is 2.28. The number of aromatic amines is 1. The molecular weight excluding hydrogens is 316 g/mol. The lowest BCUT2D eigenvalue weighted by Gasteiger charge is -2.41. The van der Waals surface area contributed by atoms with Crippen LogP contribution in [0.15, 0.2) is 30.5 Å². The van der Waals surface area contributed by atoms with E-state index in [2.05, 4.69) is 22.1 Å². The van der Waals surface area contributed by atoms with Crippen molar-refractivity contribution in [3.8, 4) is 0 Å². The lowest BCUT2D eigenvalue weighted by Crippen LogP contribution is -2.56. The molecule has 0 saturated carbocycles. The first-order chi connectivity index (χ1) is 12.2. The molecule has 1 unspecified atom stereocenters. The molecule has 0 spiro atoms. The second-order valence-corrected chi connectivity index (χ2v) is 6.42. The summed E-state index contributed by atoms with van der Waals surface area (Å²) in [5.41, 5.74) is 1.89. The minimum atomic E-state index is -0.0170. The lowest BCUT2D eigenvalue weighted by atomic mass is 10.1. The molecule has 3 rings (SSSR count). The number of piperazine rings is 1. The van der Waals surface area contributed by atoms with Crippen LogP contribution < -0.4 is 5.32 Å². The van der Waals surface area contributed by atoms with Gasteiger partial charge in [0.2, 0.25) is 0 Å². The Morgan fingerprint density at radius 3 is 3.00 bits per heavy atom. The predicted molar refractivity (Wildman–Crippen MR) is 101 cm³/mol. The van der Waals surface area contributed by atoms with Gasteiger partial charge in [-0.25, -0.2) is 4.79 Å². The van der Waals surface area contributed by atoms with Gasteiger partial charge in [0.1, 0.15) is 0 Å². The van der Waals surface area contributed by atoms with E-state index in [4.69, 9.17) is 4.74 Å². The van der Waals surface area contributed by atoms with Crippen LogP contribution in [0, 0.1) is 0 Å². The zero-order valence-corrected chi connectivity index (χ0v) is 15.1. The van der Waals surface area contributed by atoms with E-state index < -0.39 is 0 Å². The van der Waals surface area contributed by atoms with Crippen LogP contribution in [-0.2, 0) is 4.74 Å². The maximum absolute atomic E-state index is 12.7. The zero-order valence-electron chi connectivity index (χ0n) is 15.1. The number of carbonyl (C=O) groups excluding carboxylic acids is 1. The Morgan fingerprint density at radius 2 is 2.20 bits per heavy atom. The minimum Gasteiger partial charge on any atom is -0.380 e. The van der Waals surface area contributed by atoms with Crippen LogP contribution in [0.4, 0.5) is 10.5 Å². The molecule has 2 heterocycles. The van der Waals surface area contributed by atoms with Gasteiger partial charge in [0.05, 0.1) is 12.3 Å². The molecule has 2 N–H and O–H groups in total. The van der Waals surface area contributed by atoms with Gasteiger partial charge in [-0.3, -0.25) is 4.90 Å². The zero-order chi connectivity index (χ0) is 17.6. The number of ether oxygens (including phenoxy) is 1. The van der Waals surface area contributed by atoms with Crippen LogP contribution in [0.5, 0.6) is 0 Å². The third kappa shape index (κ3) is 4.14. The number of H-pyrrole nitrogens is 1. The second kappa shape index (κ2) is 8.36. The van der Waals surface area contributed by atoms with E-state index in [1.165, 1.54) is 0 Å². The molecule has 0 bridgehead atoms. The summed E-state index contributed by atoms with van der Waals surface area (Å²) in [5.74, 6) is 0. The van der Waals surface area contributed by atoms with Crippen LogP contribution in [0.2, 0.25) is 0 Å². The van der Waals surface area contributed by atoms with Crippen molar-refractivity contribution in [2.75, 3.05) is 44.7 Å². The highest BCUT2D eigenvalue weighted by Crippen LogP contribution is 2.23. The summed E-state index contributed by atoms with van der Waals surface area (Å²) in [6.07, 6.45) is 2.92. The quantitative estimate of drug-likeness (QED) is 0.792. The Hall–Kier alpha value is -2.05. The number of rotatable bonds is 6. The molecule has 1 aromatic heterocycles. The van der Waals surface area contributed by atoms with Crippen molar-refractivity contribution in [1.29, 1.82) is 0 Å². The van der Waals surface area contributed by atoms with Crippen molar-refractivity contribution >= 4 is 22.6 Å². The van der Waals surface area contributed by atoms with E-state index in [1.807, 2.05) is 42.3 Å². The number of nitrogens with zero attached hydrogens (tertiary/aromatic N) is 2. The lowest BCUT2D eigenvalue weighted by molar-refractivity contribution is 0.0545. The van der Waals surface area contributed by atoms with E-state index in [1.54, 1.807) is 0 Å². The number of nitrogens with one attached hydrogen (secondary N) is 2. The van der Waals surface area contributed by atoms with Crippen molar-refractivity contribution in [3.05, 3.63) is 30.5 Å². The summed E-state index contributed by atoms with van der Waals surface area (Å²) in [7, 11) is 0. The fourth-order valence-electron chi connectivity index (χ4n) is 3.47. The fraction of sp³-hybridized carbons (Fsp3) is 0.526. The largest absolute Gasteiger partial charge is 0.380 e. The van der Waals surface area contributed by atoms with Gasteiger partial charge in [0, 0.05) is 55.9 Å².